The molecule has 0 saturated carbocycles. The average molecular weight is 488 g/mol. The quantitative estimate of drug-likeness (QED) is 0.249. The van der Waals surface area contributed by atoms with E-state index in [2.05, 4.69) is 20.9 Å². The van der Waals surface area contributed by atoms with E-state index in [0.29, 0.717) is 12.8 Å². The first-order valence-corrected chi connectivity index (χ1v) is 11.9. The Hall–Kier alpha value is -3.40. The van der Waals surface area contributed by atoms with E-state index in [0.717, 1.165) is 16.5 Å². The van der Waals surface area contributed by atoms with Crippen molar-refractivity contribution in [2.75, 3.05) is 6.54 Å². The summed E-state index contributed by atoms with van der Waals surface area (Å²) in [6.45, 7) is 7.15. The van der Waals surface area contributed by atoms with Crippen molar-refractivity contribution in [3.05, 3.63) is 36.0 Å². The highest BCUT2D eigenvalue weighted by Crippen LogP contribution is 2.18. The van der Waals surface area contributed by atoms with Crippen LogP contribution in [0.15, 0.2) is 30.5 Å². The summed E-state index contributed by atoms with van der Waals surface area (Å²) in [4.78, 5) is 52.3. The predicted molar refractivity (Wildman–Crippen MR) is 133 cm³/mol. The van der Waals surface area contributed by atoms with Crippen LogP contribution in [0.25, 0.3) is 10.9 Å². The molecule has 192 valence electrons. The van der Waals surface area contributed by atoms with Gasteiger partial charge in [-0.15, -0.1) is 0 Å². The Morgan fingerprint density at radius 3 is 2.20 bits per heavy atom. The van der Waals surface area contributed by atoms with Crippen molar-refractivity contribution in [3.8, 4) is 0 Å². The van der Waals surface area contributed by atoms with Gasteiger partial charge in [-0.2, -0.15) is 0 Å². The summed E-state index contributed by atoms with van der Waals surface area (Å²) in [7, 11) is 0. The largest absolute Gasteiger partial charge is 0.480 e. The average Bonchev–Trinajstić information content (AvgIpc) is 3.18. The number of rotatable bonds is 13. The number of fused-ring (bicyclic) bond motifs is 1. The molecule has 0 radical (unpaired) electrons. The summed E-state index contributed by atoms with van der Waals surface area (Å²) >= 11 is 0. The van der Waals surface area contributed by atoms with Crippen molar-refractivity contribution < 1.29 is 24.3 Å². The van der Waals surface area contributed by atoms with Crippen LogP contribution in [0.4, 0.5) is 0 Å². The summed E-state index contributed by atoms with van der Waals surface area (Å²) in [5.74, 6) is -2.61. The maximum atomic E-state index is 12.7. The lowest BCUT2D eigenvalue weighted by molar-refractivity contribution is -0.142. The fourth-order valence-corrected chi connectivity index (χ4v) is 3.84. The third kappa shape index (κ3) is 8.71. The molecule has 10 nitrogen and oxygen atoms in total. The van der Waals surface area contributed by atoms with E-state index in [1.807, 2.05) is 58.2 Å². The minimum Gasteiger partial charge on any atom is -0.480 e. The van der Waals surface area contributed by atoms with Crippen LogP contribution in [0.2, 0.25) is 0 Å². The van der Waals surface area contributed by atoms with Crippen molar-refractivity contribution in [3.63, 3.8) is 0 Å². The molecule has 2 rings (SSSR count). The molecule has 7 N–H and O–H groups in total. The molecular weight excluding hydrogens is 450 g/mol. The van der Waals surface area contributed by atoms with Gasteiger partial charge >= 0.3 is 5.97 Å². The number of carbonyl (C=O) groups is 4. The molecule has 35 heavy (non-hydrogen) atoms. The normalized spacial score (nSPS) is 13.9. The van der Waals surface area contributed by atoms with Crippen LogP contribution in [0.5, 0.6) is 0 Å². The van der Waals surface area contributed by atoms with Gasteiger partial charge in [-0.25, -0.2) is 4.79 Å². The first kappa shape index (κ1) is 27.8. The molecule has 0 spiro atoms. The van der Waals surface area contributed by atoms with Crippen LogP contribution in [-0.2, 0) is 25.6 Å². The first-order valence-electron chi connectivity index (χ1n) is 11.9. The number of amides is 3. The summed E-state index contributed by atoms with van der Waals surface area (Å²) in [6, 6.07) is 4.86. The van der Waals surface area contributed by atoms with E-state index >= 15 is 0 Å². The molecule has 0 aliphatic rings. The first-order chi connectivity index (χ1) is 16.5. The molecule has 3 atom stereocenters. The molecule has 3 amide bonds. The zero-order chi connectivity index (χ0) is 26.1. The van der Waals surface area contributed by atoms with Crippen molar-refractivity contribution in [2.45, 2.75) is 65.1 Å². The number of carbonyl (C=O) groups excluding carboxylic acids is 3. The van der Waals surface area contributed by atoms with E-state index < -0.39 is 41.8 Å². The SMILES string of the molecule is CC(C)CC(NC(=O)C(CC(C)C)NC(=O)CNC(=O)C(N)Cc1c[nH]c2ccccc12)C(=O)O. The number of H-pyrrole nitrogens is 1. The second-order valence-corrected chi connectivity index (χ2v) is 9.67. The number of aromatic nitrogens is 1. The maximum Gasteiger partial charge on any atom is 0.326 e. The third-order valence-corrected chi connectivity index (χ3v) is 5.56. The molecule has 10 heteroatoms. The van der Waals surface area contributed by atoms with Crippen molar-refractivity contribution in [1.82, 2.24) is 20.9 Å². The number of carboxylic acid groups (broad SMARTS) is 1. The Kier molecular flexibility index (Phi) is 10.3. The van der Waals surface area contributed by atoms with Gasteiger partial charge in [-0.3, -0.25) is 14.4 Å². The van der Waals surface area contributed by atoms with Crippen LogP contribution < -0.4 is 21.7 Å². The van der Waals surface area contributed by atoms with Gasteiger partial charge in [-0.1, -0.05) is 45.9 Å². The lowest BCUT2D eigenvalue weighted by Crippen LogP contribution is -2.54. The zero-order valence-electron chi connectivity index (χ0n) is 20.8. The van der Waals surface area contributed by atoms with Crippen molar-refractivity contribution >= 4 is 34.6 Å². The summed E-state index contributed by atoms with van der Waals surface area (Å²) in [5.41, 5.74) is 7.89. The molecule has 1 heterocycles. The Balaban J connectivity index is 1.92. The number of benzene rings is 1. The second-order valence-electron chi connectivity index (χ2n) is 9.67. The van der Waals surface area contributed by atoms with E-state index in [1.165, 1.54) is 0 Å². The number of nitrogens with one attached hydrogen (secondary N) is 4. The molecule has 0 fully saturated rings. The Morgan fingerprint density at radius 1 is 0.943 bits per heavy atom. The van der Waals surface area contributed by atoms with Crippen LogP contribution in [0, 0.1) is 11.8 Å². The topological polar surface area (TPSA) is 166 Å². The van der Waals surface area contributed by atoms with Gasteiger partial charge in [0, 0.05) is 17.1 Å². The number of carboxylic acids is 1. The Bertz CT molecular complexity index is 1030. The molecule has 0 aliphatic carbocycles. The molecule has 0 saturated heterocycles. The maximum absolute atomic E-state index is 12.7. The van der Waals surface area contributed by atoms with Gasteiger partial charge in [0.25, 0.3) is 0 Å². The van der Waals surface area contributed by atoms with Gasteiger partial charge in [0.15, 0.2) is 0 Å². The number of aliphatic carboxylic acids is 1. The number of nitrogens with two attached hydrogens (primary N) is 1. The highest BCUT2D eigenvalue weighted by atomic mass is 16.4. The number of hydrogen-bond donors (Lipinski definition) is 6. The summed E-state index contributed by atoms with van der Waals surface area (Å²) in [5, 5.41) is 18.0. The molecule has 0 aliphatic heterocycles. The lowest BCUT2D eigenvalue weighted by atomic mass is 10.0. The van der Waals surface area contributed by atoms with Crippen molar-refractivity contribution in [2.24, 2.45) is 17.6 Å². The van der Waals surface area contributed by atoms with Crippen LogP contribution in [0.1, 0.15) is 46.1 Å². The van der Waals surface area contributed by atoms with Crippen molar-refractivity contribution in [1.29, 1.82) is 0 Å². The van der Waals surface area contributed by atoms with Crippen LogP contribution >= 0.6 is 0 Å². The smallest absolute Gasteiger partial charge is 0.326 e. The monoisotopic (exact) mass is 487 g/mol. The van der Waals surface area contributed by atoms with Gasteiger partial charge in [0.05, 0.1) is 12.6 Å². The molecular formula is C25H37N5O5. The summed E-state index contributed by atoms with van der Waals surface area (Å²) in [6.07, 6.45) is 2.69. The lowest BCUT2D eigenvalue weighted by Gasteiger charge is -2.23. The minimum atomic E-state index is -1.13. The highest BCUT2D eigenvalue weighted by molar-refractivity contribution is 5.93. The molecule has 1 aromatic carbocycles. The fourth-order valence-electron chi connectivity index (χ4n) is 3.84. The van der Waals surface area contributed by atoms with Gasteiger partial charge in [0.2, 0.25) is 17.7 Å². The second kappa shape index (κ2) is 12.9. The van der Waals surface area contributed by atoms with E-state index in [1.54, 1.807) is 0 Å². The Labute approximate surface area is 205 Å². The predicted octanol–water partition coefficient (Wildman–Crippen LogP) is 1.30. The standard InChI is InChI=1S/C25H37N5O5/c1-14(2)9-20(24(33)30-21(25(34)35)10-15(3)4)29-22(31)13-28-23(32)18(26)11-16-12-27-19-8-6-5-7-17(16)19/h5-8,12,14-15,18,20-21,27H,9-11,13,26H2,1-4H3,(H,28,32)(H,29,31)(H,30,33)(H,34,35). The number of para-hydroxylation sites is 1. The van der Waals surface area contributed by atoms with Crippen LogP contribution in [0.3, 0.4) is 0 Å². The zero-order valence-corrected chi connectivity index (χ0v) is 20.8. The molecule has 3 unspecified atom stereocenters. The number of hydrogen-bond acceptors (Lipinski definition) is 5. The van der Waals surface area contributed by atoms with Gasteiger partial charge in [0.1, 0.15) is 12.1 Å². The fraction of sp³-hybridized carbons (Fsp3) is 0.520. The number of aromatic amines is 1. The summed E-state index contributed by atoms with van der Waals surface area (Å²) < 4.78 is 0. The molecule has 1 aromatic heterocycles. The molecule has 2 aromatic rings. The van der Waals surface area contributed by atoms with Gasteiger partial charge < -0.3 is 31.8 Å². The van der Waals surface area contributed by atoms with E-state index in [9.17, 15) is 24.3 Å². The molecule has 0 bridgehead atoms. The van der Waals surface area contributed by atoms with Crippen LogP contribution in [-0.4, -0.2) is 58.5 Å². The minimum absolute atomic E-state index is 0.0678. The van der Waals surface area contributed by atoms with E-state index in [4.69, 9.17) is 5.73 Å². The Morgan fingerprint density at radius 2 is 1.57 bits per heavy atom. The van der Waals surface area contributed by atoms with Gasteiger partial charge in [-0.05, 0) is 42.7 Å². The third-order valence-electron chi connectivity index (χ3n) is 5.56. The van der Waals surface area contributed by atoms with E-state index in [-0.39, 0.29) is 24.8 Å². The highest BCUT2D eigenvalue weighted by Gasteiger charge is 2.28.